The number of likely N-dealkylation sites (tertiary alicyclic amines) is 1. The molecule has 2 aliphatic heterocycles. The SMILES string of the molecule is COc1cc2c(cc1O)[C@@H](CN1CCCCC1)N(C)CC2. The van der Waals surface area contributed by atoms with E-state index in [1.165, 1.54) is 43.5 Å². The van der Waals surface area contributed by atoms with Gasteiger partial charge in [0.05, 0.1) is 7.11 Å². The molecule has 0 spiro atoms. The summed E-state index contributed by atoms with van der Waals surface area (Å²) >= 11 is 0. The number of fused-ring (bicyclic) bond motifs is 1. The number of phenols is 1. The summed E-state index contributed by atoms with van der Waals surface area (Å²) in [4.78, 5) is 4.99. The summed E-state index contributed by atoms with van der Waals surface area (Å²) in [6, 6.07) is 4.31. The highest BCUT2D eigenvalue weighted by Gasteiger charge is 2.28. The first kappa shape index (κ1) is 14.7. The van der Waals surface area contributed by atoms with Gasteiger partial charge in [-0.3, -0.25) is 4.90 Å². The van der Waals surface area contributed by atoms with Gasteiger partial charge in [-0.05, 0) is 62.7 Å². The van der Waals surface area contributed by atoms with Crippen molar-refractivity contribution in [2.45, 2.75) is 31.7 Å². The fourth-order valence-corrected chi connectivity index (χ4v) is 3.63. The number of phenolic OH excluding ortho intramolecular Hbond substituents is 1. The van der Waals surface area contributed by atoms with Crippen LogP contribution >= 0.6 is 0 Å². The van der Waals surface area contributed by atoms with Crippen LogP contribution in [0.4, 0.5) is 0 Å². The van der Waals surface area contributed by atoms with Crippen molar-refractivity contribution in [3.05, 3.63) is 23.3 Å². The average Bonchev–Trinajstić information content (AvgIpc) is 2.51. The molecule has 0 aliphatic carbocycles. The predicted octanol–water partition coefficient (Wildman–Crippen LogP) is 2.42. The molecule has 2 heterocycles. The summed E-state index contributed by atoms with van der Waals surface area (Å²) in [5.74, 6) is 0.852. The van der Waals surface area contributed by atoms with Crippen LogP contribution in [-0.2, 0) is 6.42 Å². The Labute approximate surface area is 127 Å². The minimum Gasteiger partial charge on any atom is -0.504 e. The molecule has 1 fully saturated rings. The minimum absolute atomic E-state index is 0.259. The Hall–Kier alpha value is -1.26. The highest BCUT2D eigenvalue weighted by molar-refractivity contribution is 5.48. The molecule has 1 saturated heterocycles. The van der Waals surface area contributed by atoms with Crippen LogP contribution in [0, 0.1) is 0 Å². The Bertz CT molecular complexity index is 498. The third-order valence-corrected chi connectivity index (χ3v) is 4.95. The Morgan fingerprint density at radius 1 is 1.19 bits per heavy atom. The van der Waals surface area contributed by atoms with Crippen molar-refractivity contribution < 1.29 is 9.84 Å². The molecule has 116 valence electrons. The molecule has 0 unspecified atom stereocenters. The number of aromatic hydroxyl groups is 1. The summed E-state index contributed by atoms with van der Waals surface area (Å²) < 4.78 is 5.25. The lowest BCUT2D eigenvalue weighted by atomic mass is 9.91. The van der Waals surface area contributed by atoms with Crippen molar-refractivity contribution in [1.82, 2.24) is 9.80 Å². The van der Waals surface area contributed by atoms with Gasteiger partial charge in [0.15, 0.2) is 11.5 Å². The van der Waals surface area contributed by atoms with Gasteiger partial charge >= 0.3 is 0 Å². The molecule has 3 rings (SSSR count). The Kier molecular flexibility index (Phi) is 4.36. The van der Waals surface area contributed by atoms with Crippen LogP contribution in [-0.4, -0.2) is 55.2 Å². The van der Waals surface area contributed by atoms with Crippen LogP contribution in [0.25, 0.3) is 0 Å². The highest BCUT2D eigenvalue weighted by atomic mass is 16.5. The van der Waals surface area contributed by atoms with E-state index < -0.39 is 0 Å². The fraction of sp³-hybridized carbons (Fsp3) is 0.647. The van der Waals surface area contributed by atoms with Gasteiger partial charge in [0, 0.05) is 19.1 Å². The van der Waals surface area contributed by atoms with Gasteiger partial charge in [0.1, 0.15) is 0 Å². The molecule has 0 aromatic heterocycles. The largest absolute Gasteiger partial charge is 0.504 e. The molecule has 4 heteroatoms. The number of hydrogen-bond donors (Lipinski definition) is 1. The molecule has 1 aromatic rings. The quantitative estimate of drug-likeness (QED) is 0.927. The Balaban J connectivity index is 1.85. The zero-order valence-corrected chi connectivity index (χ0v) is 13.1. The van der Waals surface area contributed by atoms with Crippen molar-refractivity contribution in [1.29, 1.82) is 0 Å². The van der Waals surface area contributed by atoms with Crippen LogP contribution in [0.5, 0.6) is 11.5 Å². The van der Waals surface area contributed by atoms with Crippen molar-refractivity contribution in [2.75, 3.05) is 40.3 Å². The zero-order chi connectivity index (χ0) is 14.8. The number of likely N-dealkylation sites (N-methyl/N-ethyl adjacent to an activating group) is 1. The molecule has 1 N–H and O–H groups in total. The molecule has 2 aliphatic rings. The number of methoxy groups -OCH3 is 1. The van der Waals surface area contributed by atoms with Gasteiger partial charge in [0.25, 0.3) is 0 Å². The monoisotopic (exact) mass is 290 g/mol. The van der Waals surface area contributed by atoms with Gasteiger partial charge in [-0.15, -0.1) is 0 Å². The van der Waals surface area contributed by atoms with Gasteiger partial charge in [-0.1, -0.05) is 6.42 Å². The molecule has 1 aromatic carbocycles. The van der Waals surface area contributed by atoms with E-state index in [4.69, 9.17) is 4.74 Å². The molecule has 0 saturated carbocycles. The first-order chi connectivity index (χ1) is 10.2. The maximum atomic E-state index is 10.1. The van der Waals surface area contributed by atoms with E-state index in [0.29, 0.717) is 11.8 Å². The number of hydrogen-bond acceptors (Lipinski definition) is 4. The number of piperidine rings is 1. The summed E-state index contributed by atoms with van der Waals surface area (Å²) in [6.45, 7) is 4.55. The van der Waals surface area contributed by atoms with Gasteiger partial charge in [-0.2, -0.15) is 0 Å². The topological polar surface area (TPSA) is 35.9 Å². The standard InChI is InChI=1S/C17H26N2O2/c1-18-9-6-13-10-17(21-2)16(20)11-14(13)15(18)12-19-7-4-3-5-8-19/h10-11,15,20H,3-9,12H2,1-2H3/t15-/m1/s1. The molecule has 0 radical (unpaired) electrons. The summed E-state index contributed by atoms with van der Waals surface area (Å²) in [7, 11) is 3.81. The molecular formula is C17H26N2O2. The van der Waals surface area contributed by atoms with Crippen molar-refractivity contribution in [2.24, 2.45) is 0 Å². The highest BCUT2D eigenvalue weighted by Crippen LogP contribution is 2.37. The second-order valence-electron chi connectivity index (χ2n) is 6.33. The van der Waals surface area contributed by atoms with Gasteiger partial charge in [-0.25, -0.2) is 0 Å². The molecular weight excluding hydrogens is 264 g/mol. The van der Waals surface area contributed by atoms with Crippen LogP contribution < -0.4 is 4.74 Å². The van der Waals surface area contributed by atoms with Crippen LogP contribution in [0.3, 0.4) is 0 Å². The minimum atomic E-state index is 0.259. The van der Waals surface area contributed by atoms with E-state index in [9.17, 15) is 5.11 Å². The Morgan fingerprint density at radius 3 is 2.67 bits per heavy atom. The molecule has 0 bridgehead atoms. The zero-order valence-electron chi connectivity index (χ0n) is 13.1. The second kappa shape index (κ2) is 6.24. The molecule has 4 nitrogen and oxygen atoms in total. The van der Waals surface area contributed by atoms with Crippen LogP contribution in [0.2, 0.25) is 0 Å². The molecule has 21 heavy (non-hydrogen) atoms. The van der Waals surface area contributed by atoms with E-state index in [1.807, 2.05) is 12.1 Å². The lowest BCUT2D eigenvalue weighted by molar-refractivity contribution is 0.138. The average molecular weight is 290 g/mol. The number of nitrogens with zero attached hydrogens (tertiary/aromatic N) is 2. The second-order valence-corrected chi connectivity index (χ2v) is 6.33. The number of benzene rings is 1. The molecule has 0 amide bonds. The lowest BCUT2D eigenvalue weighted by Crippen LogP contribution is -2.41. The van der Waals surface area contributed by atoms with Crippen molar-refractivity contribution in [3.8, 4) is 11.5 Å². The summed E-state index contributed by atoms with van der Waals surface area (Å²) in [5, 5.41) is 10.1. The van der Waals surface area contributed by atoms with E-state index >= 15 is 0 Å². The van der Waals surface area contributed by atoms with E-state index in [2.05, 4.69) is 16.8 Å². The normalized spacial score (nSPS) is 23.8. The van der Waals surface area contributed by atoms with Crippen molar-refractivity contribution in [3.63, 3.8) is 0 Å². The van der Waals surface area contributed by atoms with E-state index in [-0.39, 0.29) is 5.75 Å². The van der Waals surface area contributed by atoms with E-state index in [0.717, 1.165) is 19.5 Å². The first-order valence-corrected chi connectivity index (χ1v) is 8.01. The maximum Gasteiger partial charge on any atom is 0.160 e. The first-order valence-electron chi connectivity index (χ1n) is 8.01. The summed E-state index contributed by atoms with van der Waals surface area (Å²) in [6.07, 6.45) is 5.03. The lowest BCUT2D eigenvalue weighted by Gasteiger charge is -2.39. The fourth-order valence-electron chi connectivity index (χ4n) is 3.63. The third-order valence-electron chi connectivity index (χ3n) is 4.95. The molecule has 1 atom stereocenters. The van der Waals surface area contributed by atoms with Crippen molar-refractivity contribution >= 4 is 0 Å². The Morgan fingerprint density at radius 2 is 1.95 bits per heavy atom. The van der Waals surface area contributed by atoms with E-state index in [1.54, 1.807) is 7.11 Å². The van der Waals surface area contributed by atoms with Gasteiger partial charge in [0.2, 0.25) is 0 Å². The predicted molar refractivity (Wildman–Crippen MR) is 84.0 cm³/mol. The van der Waals surface area contributed by atoms with Gasteiger partial charge < -0.3 is 14.7 Å². The van der Waals surface area contributed by atoms with Crippen LogP contribution in [0.15, 0.2) is 12.1 Å². The summed E-state index contributed by atoms with van der Waals surface area (Å²) in [5.41, 5.74) is 2.59. The smallest absolute Gasteiger partial charge is 0.160 e. The van der Waals surface area contributed by atoms with Crippen LogP contribution in [0.1, 0.15) is 36.4 Å². The third kappa shape index (κ3) is 3.01. The maximum absolute atomic E-state index is 10.1. The number of rotatable bonds is 3. The number of ether oxygens (including phenoxy) is 1.